The molecule has 0 bridgehead atoms. The second-order valence-corrected chi connectivity index (χ2v) is 6.91. The van der Waals surface area contributed by atoms with Gasteiger partial charge in [-0.25, -0.2) is 13.1 Å². The van der Waals surface area contributed by atoms with E-state index in [0.29, 0.717) is 12.0 Å². The molecule has 0 amide bonds. The fourth-order valence-corrected chi connectivity index (χ4v) is 3.46. The lowest BCUT2D eigenvalue weighted by atomic mass is 10.0. The Morgan fingerprint density at radius 3 is 2.48 bits per heavy atom. The van der Waals surface area contributed by atoms with Crippen molar-refractivity contribution >= 4 is 16.0 Å². The van der Waals surface area contributed by atoms with Gasteiger partial charge in [-0.2, -0.15) is 0 Å². The molecule has 1 aromatic carbocycles. The summed E-state index contributed by atoms with van der Waals surface area (Å²) in [5.74, 6) is -1.09. The van der Waals surface area contributed by atoms with Gasteiger partial charge in [0, 0.05) is 12.5 Å². The average molecular weight is 311 g/mol. The van der Waals surface area contributed by atoms with E-state index in [0.717, 1.165) is 5.56 Å². The van der Waals surface area contributed by atoms with Crippen LogP contribution in [0.15, 0.2) is 42.5 Å². The first-order valence-corrected chi connectivity index (χ1v) is 8.34. The number of carboxylic acids is 1. The summed E-state index contributed by atoms with van der Waals surface area (Å²) in [5, 5.41) is 8.78. The topological polar surface area (TPSA) is 83.5 Å². The van der Waals surface area contributed by atoms with Gasteiger partial charge in [0.1, 0.15) is 0 Å². The molecule has 0 aromatic heterocycles. The Hall–Kier alpha value is -1.66. The van der Waals surface area contributed by atoms with Crippen molar-refractivity contribution in [1.29, 1.82) is 0 Å². The molecule has 116 valence electrons. The highest BCUT2D eigenvalue weighted by Gasteiger charge is 2.19. The Balaban J connectivity index is 2.77. The van der Waals surface area contributed by atoms with Crippen LogP contribution >= 0.6 is 0 Å². The standard InChI is InChI=1S/C15H21NO4S/c1-12(2)11-21(19,20)16-14(8-9-15(17)18)10-13-6-4-3-5-7-13/h3-7,14,16H,1,8-11H2,2H3,(H,17,18). The van der Waals surface area contributed by atoms with E-state index in [1.807, 2.05) is 30.3 Å². The van der Waals surface area contributed by atoms with Crippen molar-refractivity contribution < 1.29 is 18.3 Å². The minimum absolute atomic E-state index is 0.0763. The summed E-state index contributed by atoms with van der Waals surface area (Å²) in [4.78, 5) is 10.7. The summed E-state index contributed by atoms with van der Waals surface area (Å²) in [7, 11) is -3.49. The van der Waals surface area contributed by atoms with Crippen LogP contribution in [0.5, 0.6) is 0 Å². The van der Waals surface area contributed by atoms with E-state index in [4.69, 9.17) is 5.11 Å². The van der Waals surface area contributed by atoms with Crippen molar-refractivity contribution in [1.82, 2.24) is 4.72 Å². The van der Waals surface area contributed by atoms with Gasteiger partial charge in [-0.1, -0.05) is 42.5 Å². The van der Waals surface area contributed by atoms with Crippen molar-refractivity contribution in [2.75, 3.05) is 5.75 Å². The third-order valence-corrected chi connectivity index (χ3v) is 4.38. The molecule has 21 heavy (non-hydrogen) atoms. The van der Waals surface area contributed by atoms with Gasteiger partial charge >= 0.3 is 5.97 Å². The zero-order valence-electron chi connectivity index (χ0n) is 12.1. The fourth-order valence-electron chi connectivity index (χ4n) is 2.02. The second-order valence-electron chi connectivity index (χ2n) is 5.15. The third kappa shape index (κ3) is 7.63. The normalized spacial score (nSPS) is 12.8. The number of aliphatic carboxylic acids is 1. The molecule has 1 aromatic rings. The Morgan fingerprint density at radius 2 is 1.95 bits per heavy atom. The molecule has 5 nitrogen and oxygen atoms in total. The minimum Gasteiger partial charge on any atom is -0.481 e. The van der Waals surface area contributed by atoms with Gasteiger partial charge in [0.05, 0.1) is 5.75 Å². The molecular weight excluding hydrogens is 290 g/mol. The highest BCUT2D eigenvalue weighted by atomic mass is 32.2. The number of benzene rings is 1. The Kier molecular flexibility index (Phi) is 6.58. The quantitative estimate of drug-likeness (QED) is 0.683. The molecule has 1 atom stereocenters. The van der Waals surface area contributed by atoms with Gasteiger partial charge in [0.15, 0.2) is 0 Å². The summed E-state index contributed by atoms with van der Waals surface area (Å²) in [5.41, 5.74) is 1.50. The number of sulfonamides is 1. The predicted octanol–water partition coefficient (Wildman–Crippen LogP) is 1.96. The van der Waals surface area contributed by atoms with E-state index in [1.54, 1.807) is 6.92 Å². The van der Waals surface area contributed by atoms with E-state index in [1.165, 1.54) is 0 Å². The Labute approximate surface area is 125 Å². The van der Waals surface area contributed by atoms with Crippen LogP contribution in [-0.2, 0) is 21.2 Å². The van der Waals surface area contributed by atoms with E-state index >= 15 is 0 Å². The van der Waals surface area contributed by atoms with E-state index < -0.39 is 22.0 Å². The Morgan fingerprint density at radius 1 is 1.33 bits per heavy atom. The maximum Gasteiger partial charge on any atom is 0.303 e. The highest BCUT2D eigenvalue weighted by Crippen LogP contribution is 2.10. The molecule has 1 rings (SSSR count). The SMILES string of the molecule is C=C(C)CS(=O)(=O)NC(CCC(=O)O)Cc1ccccc1. The molecule has 0 saturated heterocycles. The van der Waals surface area contributed by atoms with E-state index in [2.05, 4.69) is 11.3 Å². The number of rotatable bonds is 9. The monoisotopic (exact) mass is 311 g/mol. The molecule has 0 radical (unpaired) electrons. The van der Waals surface area contributed by atoms with Crippen molar-refractivity contribution in [3.63, 3.8) is 0 Å². The van der Waals surface area contributed by atoms with E-state index in [-0.39, 0.29) is 18.6 Å². The first-order valence-electron chi connectivity index (χ1n) is 6.68. The fraction of sp³-hybridized carbons (Fsp3) is 0.400. The molecule has 0 spiro atoms. The van der Waals surface area contributed by atoms with Crippen LogP contribution in [0.4, 0.5) is 0 Å². The average Bonchev–Trinajstić information content (AvgIpc) is 2.35. The number of hydrogen-bond acceptors (Lipinski definition) is 3. The molecule has 0 aliphatic carbocycles. The first kappa shape index (κ1) is 17.4. The summed E-state index contributed by atoms with van der Waals surface area (Å²) in [6.07, 6.45) is 0.635. The number of nitrogens with one attached hydrogen (secondary N) is 1. The second kappa shape index (κ2) is 7.95. The van der Waals surface area contributed by atoms with Crippen molar-refractivity contribution in [3.05, 3.63) is 48.0 Å². The van der Waals surface area contributed by atoms with Crippen LogP contribution in [0.1, 0.15) is 25.3 Å². The highest BCUT2D eigenvalue weighted by molar-refractivity contribution is 7.89. The number of hydrogen-bond donors (Lipinski definition) is 2. The molecule has 0 heterocycles. The van der Waals surface area contributed by atoms with Crippen LogP contribution < -0.4 is 4.72 Å². The smallest absolute Gasteiger partial charge is 0.303 e. The van der Waals surface area contributed by atoms with Crippen LogP contribution in [-0.4, -0.2) is 31.3 Å². The number of carbonyl (C=O) groups is 1. The lowest BCUT2D eigenvalue weighted by Crippen LogP contribution is -2.38. The van der Waals surface area contributed by atoms with Gasteiger partial charge in [-0.05, 0) is 25.3 Å². The van der Waals surface area contributed by atoms with Crippen LogP contribution in [0.2, 0.25) is 0 Å². The summed E-state index contributed by atoms with van der Waals surface area (Å²) in [6.45, 7) is 5.23. The van der Waals surface area contributed by atoms with Crippen molar-refractivity contribution in [2.45, 2.75) is 32.2 Å². The van der Waals surface area contributed by atoms with Crippen LogP contribution in [0.25, 0.3) is 0 Å². The zero-order valence-corrected chi connectivity index (χ0v) is 12.9. The summed E-state index contributed by atoms with van der Waals surface area (Å²) >= 11 is 0. The molecule has 1 unspecified atom stereocenters. The third-order valence-electron chi connectivity index (χ3n) is 2.81. The molecular formula is C15H21NO4S. The lowest BCUT2D eigenvalue weighted by Gasteiger charge is -2.18. The van der Waals surface area contributed by atoms with Gasteiger partial charge in [0.2, 0.25) is 10.0 Å². The predicted molar refractivity (Wildman–Crippen MR) is 82.5 cm³/mol. The van der Waals surface area contributed by atoms with Gasteiger partial charge in [0.25, 0.3) is 0 Å². The van der Waals surface area contributed by atoms with Gasteiger partial charge in [-0.3, -0.25) is 4.79 Å². The molecule has 0 saturated carbocycles. The van der Waals surface area contributed by atoms with Crippen LogP contribution in [0, 0.1) is 0 Å². The minimum atomic E-state index is -3.49. The summed E-state index contributed by atoms with van der Waals surface area (Å²) < 4.78 is 26.5. The largest absolute Gasteiger partial charge is 0.481 e. The molecule has 0 aliphatic heterocycles. The maximum absolute atomic E-state index is 12.0. The van der Waals surface area contributed by atoms with Gasteiger partial charge < -0.3 is 5.11 Å². The summed E-state index contributed by atoms with van der Waals surface area (Å²) in [6, 6.07) is 8.95. The number of carboxylic acid groups (broad SMARTS) is 1. The Bertz CT molecular complexity index is 581. The van der Waals surface area contributed by atoms with Crippen molar-refractivity contribution in [2.24, 2.45) is 0 Å². The molecule has 0 aliphatic rings. The van der Waals surface area contributed by atoms with Gasteiger partial charge in [-0.15, -0.1) is 0 Å². The lowest BCUT2D eigenvalue weighted by molar-refractivity contribution is -0.137. The zero-order chi connectivity index (χ0) is 15.9. The van der Waals surface area contributed by atoms with E-state index in [9.17, 15) is 13.2 Å². The molecule has 0 fully saturated rings. The first-order chi connectivity index (χ1) is 9.78. The maximum atomic E-state index is 12.0. The molecule has 6 heteroatoms. The molecule has 2 N–H and O–H groups in total. The van der Waals surface area contributed by atoms with Crippen molar-refractivity contribution in [3.8, 4) is 0 Å². The van der Waals surface area contributed by atoms with Crippen LogP contribution in [0.3, 0.4) is 0 Å².